The van der Waals surface area contributed by atoms with Gasteiger partial charge in [0.2, 0.25) is 0 Å². The van der Waals surface area contributed by atoms with Crippen LogP contribution in [0.4, 0.5) is 0 Å². The molecule has 1 heterocycles. The Labute approximate surface area is 96.6 Å². The third-order valence-corrected chi connectivity index (χ3v) is 3.08. The van der Waals surface area contributed by atoms with Gasteiger partial charge >= 0.3 is 5.97 Å². The van der Waals surface area contributed by atoms with Gasteiger partial charge in [-0.15, -0.1) is 0 Å². The Kier molecular flexibility index (Phi) is 2.99. The molecule has 16 heavy (non-hydrogen) atoms. The van der Waals surface area contributed by atoms with Gasteiger partial charge in [-0.25, -0.2) is 0 Å². The zero-order chi connectivity index (χ0) is 11.6. The molecule has 0 bridgehead atoms. The van der Waals surface area contributed by atoms with E-state index in [1.54, 1.807) is 0 Å². The van der Waals surface area contributed by atoms with Crippen molar-refractivity contribution in [3.8, 4) is 0 Å². The number of hydrogen-bond acceptors (Lipinski definition) is 2. The number of carbonyl (C=O) groups excluding carboxylic acids is 1. The molecule has 2 heteroatoms. The largest absolute Gasteiger partial charge is 0.454 e. The molecular formula is C14H18O2. The lowest BCUT2D eigenvalue weighted by molar-refractivity contribution is -0.150. The first-order valence-corrected chi connectivity index (χ1v) is 5.90. The minimum absolute atomic E-state index is 0.0653. The van der Waals surface area contributed by atoms with Crippen molar-refractivity contribution < 1.29 is 9.53 Å². The zero-order valence-electron chi connectivity index (χ0n) is 9.90. The highest BCUT2D eigenvalue weighted by Gasteiger charge is 2.42. The first-order valence-electron chi connectivity index (χ1n) is 5.90. The van der Waals surface area contributed by atoms with Gasteiger partial charge in [-0.05, 0) is 17.9 Å². The van der Waals surface area contributed by atoms with Gasteiger partial charge in [-0.1, -0.05) is 44.2 Å². The monoisotopic (exact) mass is 218 g/mol. The minimum atomic E-state index is -0.369. The van der Waals surface area contributed by atoms with E-state index in [0.717, 1.165) is 18.4 Å². The van der Waals surface area contributed by atoms with E-state index in [4.69, 9.17) is 4.74 Å². The van der Waals surface area contributed by atoms with Gasteiger partial charge < -0.3 is 4.74 Å². The van der Waals surface area contributed by atoms with Gasteiger partial charge in [0.15, 0.2) is 0 Å². The van der Waals surface area contributed by atoms with Gasteiger partial charge in [0, 0.05) is 12.8 Å². The fourth-order valence-electron chi connectivity index (χ4n) is 2.49. The maximum Gasteiger partial charge on any atom is 0.306 e. The first kappa shape index (κ1) is 11.2. The van der Waals surface area contributed by atoms with Crippen LogP contribution in [0.5, 0.6) is 0 Å². The quantitative estimate of drug-likeness (QED) is 0.728. The summed E-state index contributed by atoms with van der Waals surface area (Å²) < 4.78 is 5.61. The van der Waals surface area contributed by atoms with Crippen LogP contribution >= 0.6 is 0 Å². The number of carbonyl (C=O) groups is 1. The van der Waals surface area contributed by atoms with Gasteiger partial charge in [-0.2, -0.15) is 0 Å². The maximum absolute atomic E-state index is 11.4. The summed E-state index contributed by atoms with van der Waals surface area (Å²) in [5.41, 5.74) is 0.765. The van der Waals surface area contributed by atoms with E-state index in [1.807, 2.05) is 18.2 Å². The number of benzene rings is 1. The highest BCUT2D eigenvalue weighted by molar-refractivity contribution is 5.72. The predicted molar refractivity (Wildman–Crippen MR) is 62.9 cm³/mol. The van der Waals surface area contributed by atoms with Crippen molar-refractivity contribution in [2.45, 2.75) is 38.7 Å². The zero-order valence-corrected chi connectivity index (χ0v) is 9.90. The van der Waals surface area contributed by atoms with Crippen molar-refractivity contribution in [3.05, 3.63) is 35.9 Å². The maximum atomic E-state index is 11.4. The van der Waals surface area contributed by atoms with E-state index in [2.05, 4.69) is 26.0 Å². The second-order valence-electron chi connectivity index (χ2n) is 4.93. The molecule has 1 saturated heterocycles. The van der Waals surface area contributed by atoms with Crippen molar-refractivity contribution in [1.82, 2.24) is 0 Å². The molecule has 0 saturated carbocycles. The number of esters is 1. The molecule has 1 aliphatic heterocycles. The van der Waals surface area contributed by atoms with Crippen LogP contribution in [0, 0.1) is 5.92 Å². The molecule has 0 radical (unpaired) electrons. The predicted octanol–water partition coefficient (Wildman–Crippen LogP) is 3.27. The number of ether oxygens (including phenoxy) is 1. The van der Waals surface area contributed by atoms with E-state index in [9.17, 15) is 4.79 Å². The molecule has 0 aliphatic carbocycles. The number of cyclic esters (lactones) is 1. The molecule has 0 N–H and O–H groups in total. The molecule has 2 rings (SSSR count). The van der Waals surface area contributed by atoms with E-state index in [1.165, 1.54) is 0 Å². The molecule has 1 atom stereocenters. The van der Waals surface area contributed by atoms with E-state index in [-0.39, 0.29) is 11.6 Å². The Morgan fingerprint density at radius 3 is 2.50 bits per heavy atom. The number of hydrogen-bond donors (Lipinski definition) is 0. The fraction of sp³-hybridized carbons (Fsp3) is 0.500. The normalized spacial score (nSPS) is 24.8. The smallest absolute Gasteiger partial charge is 0.306 e. The van der Waals surface area contributed by atoms with Crippen LogP contribution in [-0.2, 0) is 15.1 Å². The third-order valence-electron chi connectivity index (χ3n) is 3.08. The van der Waals surface area contributed by atoms with Crippen molar-refractivity contribution >= 4 is 5.97 Å². The van der Waals surface area contributed by atoms with Crippen LogP contribution in [0.2, 0.25) is 0 Å². The Balaban J connectivity index is 2.32. The summed E-state index contributed by atoms with van der Waals surface area (Å²) in [5, 5.41) is 0. The second-order valence-corrected chi connectivity index (χ2v) is 4.93. The van der Waals surface area contributed by atoms with Crippen molar-refractivity contribution in [2.75, 3.05) is 0 Å². The Morgan fingerprint density at radius 1 is 1.31 bits per heavy atom. The SMILES string of the molecule is CC(C)CC1(c2ccccc2)CCC(=O)O1. The summed E-state index contributed by atoms with van der Waals surface area (Å²) in [6, 6.07) is 10.1. The fourth-order valence-corrected chi connectivity index (χ4v) is 2.49. The summed E-state index contributed by atoms with van der Waals surface area (Å²) >= 11 is 0. The molecule has 1 fully saturated rings. The molecule has 1 aromatic carbocycles. The molecule has 0 spiro atoms. The molecule has 0 aromatic heterocycles. The van der Waals surface area contributed by atoms with Crippen LogP contribution in [0.1, 0.15) is 38.7 Å². The van der Waals surface area contributed by atoms with Gasteiger partial charge in [-0.3, -0.25) is 4.79 Å². The van der Waals surface area contributed by atoms with Crippen LogP contribution in [-0.4, -0.2) is 5.97 Å². The van der Waals surface area contributed by atoms with Crippen LogP contribution < -0.4 is 0 Å². The van der Waals surface area contributed by atoms with Crippen LogP contribution in [0.25, 0.3) is 0 Å². The Bertz CT molecular complexity index is 370. The van der Waals surface area contributed by atoms with E-state index >= 15 is 0 Å². The highest BCUT2D eigenvalue weighted by Crippen LogP contribution is 2.41. The average molecular weight is 218 g/mol. The topological polar surface area (TPSA) is 26.3 Å². The van der Waals surface area contributed by atoms with Gasteiger partial charge in [0.1, 0.15) is 5.60 Å². The highest BCUT2D eigenvalue weighted by atomic mass is 16.6. The first-order chi connectivity index (χ1) is 7.62. The van der Waals surface area contributed by atoms with Crippen LogP contribution in [0.15, 0.2) is 30.3 Å². The van der Waals surface area contributed by atoms with Gasteiger partial charge in [0.25, 0.3) is 0 Å². The molecule has 1 aliphatic rings. The molecule has 1 aromatic rings. The summed E-state index contributed by atoms with van der Waals surface area (Å²) in [7, 11) is 0. The van der Waals surface area contributed by atoms with E-state index < -0.39 is 0 Å². The standard InChI is InChI=1S/C14H18O2/c1-11(2)10-14(9-8-13(15)16-14)12-6-4-3-5-7-12/h3-7,11H,8-10H2,1-2H3. The summed E-state index contributed by atoms with van der Waals surface area (Å²) in [6.45, 7) is 4.33. The average Bonchev–Trinajstić information content (AvgIpc) is 2.62. The van der Waals surface area contributed by atoms with Gasteiger partial charge in [0.05, 0.1) is 0 Å². The van der Waals surface area contributed by atoms with E-state index in [0.29, 0.717) is 12.3 Å². The Morgan fingerprint density at radius 2 is 2.00 bits per heavy atom. The molecule has 86 valence electrons. The summed E-state index contributed by atoms with van der Waals surface area (Å²) in [5.74, 6) is 0.454. The lowest BCUT2D eigenvalue weighted by Gasteiger charge is -2.30. The van der Waals surface area contributed by atoms with Crippen molar-refractivity contribution in [2.24, 2.45) is 5.92 Å². The minimum Gasteiger partial charge on any atom is -0.454 e. The lowest BCUT2D eigenvalue weighted by atomic mass is 9.83. The Hall–Kier alpha value is -1.31. The number of rotatable bonds is 3. The lowest BCUT2D eigenvalue weighted by Crippen LogP contribution is -2.27. The molecule has 1 unspecified atom stereocenters. The third kappa shape index (κ3) is 2.11. The molecular weight excluding hydrogens is 200 g/mol. The summed E-state index contributed by atoms with van der Waals surface area (Å²) in [4.78, 5) is 11.4. The van der Waals surface area contributed by atoms with Crippen molar-refractivity contribution in [1.29, 1.82) is 0 Å². The van der Waals surface area contributed by atoms with Crippen molar-refractivity contribution in [3.63, 3.8) is 0 Å². The molecule has 2 nitrogen and oxygen atoms in total. The second kappa shape index (κ2) is 4.28. The van der Waals surface area contributed by atoms with Crippen LogP contribution in [0.3, 0.4) is 0 Å². The molecule has 0 amide bonds. The summed E-state index contributed by atoms with van der Waals surface area (Å²) in [6.07, 6.45) is 2.26.